The van der Waals surface area contributed by atoms with Crippen molar-refractivity contribution in [2.24, 2.45) is 5.73 Å². The summed E-state index contributed by atoms with van der Waals surface area (Å²) in [5.41, 5.74) is 9.58. The van der Waals surface area contributed by atoms with Crippen LogP contribution in [0.15, 0.2) is 42.5 Å². The third-order valence-corrected chi connectivity index (χ3v) is 3.51. The number of ether oxygens (including phenoxy) is 1. The van der Waals surface area contributed by atoms with E-state index in [2.05, 4.69) is 26.8 Å². The van der Waals surface area contributed by atoms with Gasteiger partial charge in [-0.15, -0.1) is 0 Å². The van der Waals surface area contributed by atoms with E-state index in [1.807, 2.05) is 36.4 Å². The predicted octanol–water partition coefficient (Wildman–Crippen LogP) is 4.51. The molecule has 2 aromatic rings. The molecule has 0 aliphatic heterocycles. The third kappa shape index (κ3) is 3.15. The van der Waals surface area contributed by atoms with E-state index in [1.54, 1.807) is 0 Å². The Hall–Kier alpha value is -1.80. The van der Waals surface area contributed by atoms with Crippen LogP contribution in [0.4, 0.5) is 0 Å². The maximum Gasteiger partial charge on any atom is 0.130 e. The van der Waals surface area contributed by atoms with Crippen LogP contribution in [0.1, 0.15) is 36.1 Å². The summed E-state index contributed by atoms with van der Waals surface area (Å²) < 4.78 is 5.97. The first-order valence-electron chi connectivity index (χ1n) is 6.71. The van der Waals surface area contributed by atoms with Gasteiger partial charge in [-0.1, -0.05) is 31.2 Å². The van der Waals surface area contributed by atoms with E-state index in [9.17, 15) is 0 Å². The van der Waals surface area contributed by atoms with Crippen LogP contribution < -0.4 is 10.5 Å². The van der Waals surface area contributed by atoms with Gasteiger partial charge in [-0.2, -0.15) is 0 Å². The molecule has 1 atom stereocenters. The molecule has 0 radical (unpaired) electrons. The molecule has 2 N–H and O–H groups in total. The quantitative estimate of drug-likeness (QED) is 0.872. The fraction of sp³-hybridized carbons (Fsp3) is 0.294. The first kappa shape index (κ1) is 13.6. The van der Waals surface area contributed by atoms with E-state index in [0.717, 1.165) is 23.5 Å². The average molecular weight is 255 g/mol. The lowest BCUT2D eigenvalue weighted by molar-refractivity contribution is 0.476. The molecule has 0 amide bonds. The van der Waals surface area contributed by atoms with Crippen LogP contribution in [-0.2, 0) is 0 Å². The number of nitrogens with two attached hydrogens (primary N) is 1. The van der Waals surface area contributed by atoms with Crippen LogP contribution in [0.3, 0.4) is 0 Å². The molecule has 0 heterocycles. The Labute approximate surface area is 115 Å². The first-order chi connectivity index (χ1) is 9.11. The van der Waals surface area contributed by atoms with E-state index in [4.69, 9.17) is 10.5 Å². The highest BCUT2D eigenvalue weighted by molar-refractivity contribution is 5.42. The normalized spacial score (nSPS) is 12.2. The second kappa shape index (κ2) is 5.89. The summed E-state index contributed by atoms with van der Waals surface area (Å²) in [6.07, 6.45) is 0.924. The van der Waals surface area contributed by atoms with E-state index in [-0.39, 0.29) is 6.04 Å². The largest absolute Gasteiger partial charge is 0.457 e. The zero-order chi connectivity index (χ0) is 13.8. The van der Waals surface area contributed by atoms with Crippen LogP contribution in [0.2, 0.25) is 0 Å². The third-order valence-electron chi connectivity index (χ3n) is 3.51. The molecule has 0 aliphatic rings. The summed E-state index contributed by atoms with van der Waals surface area (Å²) in [7, 11) is 0. The van der Waals surface area contributed by atoms with Crippen LogP contribution in [0.5, 0.6) is 11.5 Å². The average Bonchev–Trinajstić information content (AvgIpc) is 2.43. The van der Waals surface area contributed by atoms with Gasteiger partial charge in [0.15, 0.2) is 0 Å². The van der Waals surface area contributed by atoms with E-state index < -0.39 is 0 Å². The Morgan fingerprint density at radius 2 is 1.84 bits per heavy atom. The number of hydrogen-bond acceptors (Lipinski definition) is 2. The highest BCUT2D eigenvalue weighted by Crippen LogP contribution is 2.28. The summed E-state index contributed by atoms with van der Waals surface area (Å²) in [6, 6.07) is 14.2. The molecule has 0 spiro atoms. The topological polar surface area (TPSA) is 35.2 Å². The standard InChI is InChI=1S/C17H21NO/c1-4-16(18)14-8-6-9-15(11-14)19-17-10-5-7-12(2)13(17)3/h5-11,16H,4,18H2,1-3H3. The van der Waals surface area contributed by atoms with Gasteiger partial charge in [0.1, 0.15) is 11.5 Å². The van der Waals surface area contributed by atoms with Gasteiger partial charge in [-0.3, -0.25) is 0 Å². The first-order valence-corrected chi connectivity index (χ1v) is 6.71. The molecular weight excluding hydrogens is 234 g/mol. The molecule has 0 saturated carbocycles. The predicted molar refractivity (Wildman–Crippen MR) is 79.7 cm³/mol. The smallest absolute Gasteiger partial charge is 0.130 e. The molecule has 0 bridgehead atoms. The van der Waals surface area contributed by atoms with Crippen molar-refractivity contribution in [2.75, 3.05) is 0 Å². The Balaban J connectivity index is 2.26. The second-order valence-corrected chi connectivity index (χ2v) is 4.89. The summed E-state index contributed by atoms with van der Waals surface area (Å²) in [5, 5.41) is 0. The molecule has 100 valence electrons. The molecule has 2 nitrogen and oxygen atoms in total. The van der Waals surface area contributed by atoms with Gasteiger partial charge in [0.2, 0.25) is 0 Å². The van der Waals surface area contributed by atoms with Crippen molar-refractivity contribution in [1.82, 2.24) is 0 Å². The summed E-state index contributed by atoms with van der Waals surface area (Å²) in [5.74, 6) is 1.75. The van der Waals surface area contributed by atoms with Crippen molar-refractivity contribution in [3.63, 3.8) is 0 Å². The van der Waals surface area contributed by atoms with Gasteiger partial charge >= 0.3 is 0 Å². The lowest BCUT2D eigenvalue weighted by atomic mass is 10.1. The van der Waals surface area contributed by atoms with E-state index in [0.29, 0.717) is 0 Å². The summed E-state index contributed by atoms with van der Waals surface area (Å²) in [6.45, 7) is 6.25. The lowest BCUT2D eigenvalue weighted by Crippen LogP contribution is -2.08. The fourth-order valence-corrected chi connectivity index (χ4v) is 2.01. The van der Waals surface area contributed by atoms with Crippen molar-refractivity contribution in [3.8, 4) is 11.5 Å². The maximum absolute atomic E-state index is 6.05. The molecule has 0 aromatic heterocycles. The van der Waals surface area contributed by atoms with Gasteiger partial charge in [0.25, 0.3) is 0 Å². The monoisotopic (exact) mass is 255 g/mol. The van der Waals surface area contributed by atoms with Crippen LogP contribution in [0.25, 0.3) is 0 Å². The Morgan fingerprint density at radius 3 is 2.58 bits per heavy atom. The molecule has 2 aromatic carbocycles. The number of aryl methyl sites for hydroxylation is 1. The minimum absolute atomic E-state index is 0.0714. The van der Waals surface area contributed by atoms with Gasteiger partial charge in [0.05, 0.1) is 0 Å². The molecule has 0 saturated heterocycles. The van der Waals surface area contributed by atoms with Crippen LogP contribution in [-0.4, -0.2) is 0 Å². The zero-order valence-corrected chi connectivity index (χ0v) is 11.8. The second-order valence-electron chi connectivity index (χ2n) is 4.89. The van der Waals surface area contributed by atoms with Crippen molar-refractivity contribution in [1.29, 1.82) is 0 Å². The highest BCUT2D eigenvalue weighted by Gasteiger charge is 2.07. The van der Waals surface area contributed by atoms with Gasteiger partial charge in [-0.05, 0) is 55.2 Å². The van der Waals surface area contributed by atoms with Gasteiger partial charge in [-0.25, -0.2) is 0 Å². The minimum Gasteiger partial charge on any atom is -0.457 e. The van der Waals surface area contributed by atoms with Crippen molar-refractivity contribution in [3.05, 3.63) is 59.2 Å². The highest BCUT2D eigenvalue weighted by atomic mass is 16.5. The van der Waals surface area contributed by atoms with E-state index in [1.165, 1.54) is 11.1 Å². The number of benzene rings is 2. The molecule has 1 unspecified atom stereocenters. The Kier molecular flexibility index (Phi) is 4.23. The summed E-state index contributed by atoms with van der Waals surface area (Å²) >= 11 is 0. The number of rotatable bonds is 4. The molecule has 0 fully saturated rings. The SMILES string of the molecule is CCC(N)c1cccc(Oc2cccc(C)c2C)c1. The van der Waals surface area contributed by atoms with Crippen molar-refractivity contribution in [2.45, 2.75) is 33.2 Å². The molecule has 2 rings (SSSR count). The maximum atomic E-state index is 6.05. The summed E-state index contributed by atoms with van der Waals surface area (Å²) in [4.78, 5) is 0. The van der Waals surface area contributed by atoms with Crippen molar-refractivity contribution < 1.29 is 4.74 Å². The lowest BCUT2D eigenvalue weighted by Gasteiger charge is -2.13. The van der Waals surface area contributed by atoms with Gasteiger partial charge in [0, 0.05) is 6.04 Å². The molecule has 0 aliphatic carbocycles. The number of hydrogen-bond donors (Lipinski definition) is 1. The van der Waals surface area contributed by atoms with Gasteiger partial charge < -0.3 is 10.5 Å². The Bertz CT molecular complexity index is 563. The fourth-order valence-electron chi connectivity index (χ4n) is 2.01. The van der Waals surface area contributed by atoms with E-state index >= 15 is 0 Å². The van der Waals surface area contributed by atoms with Crippen LogP contribution >= 0.6 is 0 Å². The molecule has 19 heavy (non-hydrogen) atoms. The van der Waals surface area contributed by atoms with Crippen molar-refractivity contribution >= 4 is 0 Å². The zero-order valence-electron chi connectivity index (χ0n) is 11.8. The van der Waals surface area contributed by atoms with Crippen LogP contribution in [0, 0.1) is 13.8 Å². The minimum atomic E-state index is 0.0714. The molecular formula is C17H21NO. The Morgan fingerprint density at radius 1 is 1.11 bits per heavy atom. The molecule has 2 heteroatoms.